The van der Waals surface area contributed by atoms with Gasteiger partial charge in [-0.15, -0.1) is 0 Å². The van der Waals surface area contributed by atoms with E-state index in [9.17, 15) is 8.42 Å². The molecule has 15 heavy (non-hydrogen) atoms. The van der Waals surface area contributed by atoms with Gasteiger partial charge in [-0.05, 0) is 6.42 Å². The second-order valence-corrected chi connectivity index (χ2v) is 6.28. The lowest BCUT2D eigenvalue weighted by atomic mass is 10.5. The summed E-state index contributed by atoms with van der Waals surface area (Å²) in [6, 6.07) is 0. The molecule has 1 N–H and O–H groups in total. The normalized spacial score (nSPS) is 11.9. The number of rotatable bonds is 6. The van der Waals surface area contributed by atoms with Crippen LogP contribution in [-0.4, -0.2) is 33.7 Å². The predicted octanol–water partition coefficient (Wildman–Crippen LogP) is 1.11. The Balaban J connectivity index is 2.53. The van der Waals surface area contributed by atoms with Crippen LogP contribution in [0.15, 0.2) is 10.4 Å². The van der Waals surface area contributed by atoms with Gasteiger partial charge in [0.25, 0.3) is 10.0 Å². The second-order valence-electron chi connectivity index (χ2n) is 2.68. The minimum absolute atomic E-state index is 0.130. The second kappa shape index (κ2) is 5.76. The zero-order valence-corrected chi connectivity index (χ0v) is 10.5. The molecule has 1 rings (SSSR count). The minimum Gasteiger partial charge on any atom is -0.385 e. The molecule has 0 atom stereocenters. The van der Waals surface area contributed by atoms with Crippen LogP contribution in [0.5, 0.6) is 0 Å². The molecule has 0 aliphatic rings. The molecule has 0 aliphatic carbocycles. The van der Waals surface area contributed by atoms with Gasteiger partial charge in [-0.2, -0.15) is 0 Å². The van der Waals surface area contributed by atoms with E-state index >= 15 is 0 Å². The van der Waals surface area contributed by atoms with Gasteiger partial charge in [0.1, 0.15) is 0 Å². The molecule has 8 heteroatoms. The molecular formula is C7H11ClN2O3S2. The van der Waals surface area contributed by atoms with Crippen molar-refractivity contribution < 1.29 is 13.2 Å². The summed E-state index contributed by atoms with van der Waals surface area (Å²) in [5.41, 5.74) is 0. The van der Waals surface area contributed by atoms with Crippen LogP contribution in [-0.2, 0) is 14.8 Å². The van der Waals surface area contributed by atoms with Gasteiger partial charge in [0.2, 0.25) is 0 Å². The molecule has 0 amide bonds. The Bertz CT molecular complexity index is 404. The van der Waals surface area contributed by atoms with E-state index in [1.54, 1.807) is 7.11 Å². The van der Waals surface area contributed by atoms with Crippen molar-refractivity contribution in [3.8, 4) is 0 Å². The predicted molar refractivity (Wildman–Crippen MR) is 58.8 cm³/mol. The lowest BCUT2D eigenvalue weighted by molar-refractivity contribution is 0.196. The fourth-order valence-electron chi connectivity index (χ4n) is 0.858. The average molecular weight is 271 g/mol. The van der Waals surface area contributed by atoms with Crippen LogP contribution in [0.1, 0.15) is 6.42 Å². The summed E-state index contributed by atoms with van der Waals surface area (Å²) < 4.78 is 30.7. The van der Waals surface area contributed by atoms with Crippen LogP contribution in [0.2, 0.25) is 4.47 Å². The molecule has 1 heterocycles. The zero-order valence-electron chi connectivity index (χ0n) is 8.07. The molecule has 0 unspecified atom stereocenters. The van der Waals surface area contributed by atoms with Gasteiger partial charge < -0.3 is 4.74 Å². The highest BCUT2D eigenvalue weighted by Gasteiger charge is 2.16. The maximum atomic E-state index is 11.6. The van der Waals surface area contributed by atoms with E-state index in [0.29, 0.717) is 19.6 Å². The minimum atomic E-state index is -3.45. The highest BCUT2D eigenvalue weighted by Crippen LogP contribution is 2.21. The number of halogens is 1. The van der Waals surface area contributed by atoms with E-state index in [-0.39, 0.29) is 8.68 Å². The number of hydrogen-bond acceptors (Lipinski definition) is 5. The number of aromatic nitrogens is 1. The van der Waals surface area contributed by atoms with E-state index < -0.39 is 10.0 Å². The molecule has 5 nitrogen and oxygen atoms in total. The third-order valence-electron chi connectivity index (χ3n) is 1.54. The first kappa shape index (κ1) is 12.9. The molecular weight excluding hydrogens is 260 g/mol. The molecule has 1 aromatic rings. The molecule has 86 valence electrons. The topological polar surface area (TPSA) is 68.3 Å². The Morgan fingerprint density at radius 1 is 1.67 bits per heavy atom. The lowest BCUT2D eigenvalue weighted by Gasteiger charge is -2.02. The number of thiazole rings is 1. The van der Waals surface area contributed by atoms with Crippen molar-refractivity contribution in [3.63, 3.8) is 0 Å². The van der Waals surface area contributed by atoms with Gasteiger partial charge in [0, 0.05) is 20.3 Å². The number of nitrogens with zero attached hydrogens (tertiary/aromatic N) is 1. The van der Waals surface area contributed by atoms with Gasteiger partial charge in [-0.25, -0.2) is 18.1 Å². The molecule has 0 spiro atoms. The van der Waals surface area contributed by atoms with Crippen molar-refractivity contribution in [3.05, 3.63) is 10.7 Å². The number of nitrogens with one attached hydrogen (secondary N) is 1. The molecule has 1 aromatic heterocycles. The highest BCUT2D eigenvalue weighted by molar-refractivity contribution is 7.91. The van der Waals surface area contributed by atoms with E-state index in [2.05, 4.69) is 9.71 Å². The average Bonchev–Trinajstić information content (AvgIpc) is 2.60. The summed E-state index contributed by atoms with van der Waals surface area (Å²) in [4.78, 5) is 3.67. The van der Waals surface area contributed by atoms with Crippen molar-refractivity contribution in [2.75, 3.05) is 20.3 Å². The van der Waals surface area contributed by atoms with Gasteiger partial charge in [-0.3, -0.25) is 0 Å². The fraction of sp³-hybridized carbons (Fsp3) is 0.571. The van der Waals surface area contributed by atoms with Crippen molar-refractivity contribution in [2.45, 2.75) is 10.6 Å². The standard InChI is InChI=1S/C7H11ClN2O3S2/c1-13-4-2-3-10-15(11,12)6-5-9-7(8)14-6/h5,10H,2-4H2,1H3. The summed E-state index contributed by atoms with van der Waals surface area (Å²) in [7, 11) is -1.89. The number of methoxy groups -OCH3 is 1. The molecule has 0 aromatic carbocycles. The summed E-state index contributed by atoms with van der Waals surface area (Å²) in [6.45, 7) is 0.859. The molecule has 0 radical (unpaired) electrons. The third kappa shape index (κ3) is 4.04. The molecule has 0 saturated carbocycles. The first-order valence-corrected chi connectivity index (χ1v) is 6.84. The number of ether oxygens (including phenoxy) is 1. The number of hydrogen-bond donors (Lipinski definition) is 1. The smallest absolute Gasteiger partial charge is 0.251 e. The van der Waals surface area contributed by atoms with Crippen molar-refractivity contribution in [1.29, 1.82) is 0 Å². The summed E-state index contributed by atoms with van der Waals surface area (Å²) in [5, 5.41) is 0. The monoisotopic (exact) mass is 270 g/mol. The molecule has 0 fully saturated rings. The van der Waals surface area contributed by atoms with E-state index in [0.717, 1.165) is 11.3 Å². The van der Waals surface area contributed by atoms with Crippen LogP contribution < -0.4 is 4.72 Å². The van der Waals surface area contributed by atoms with Crippen LogP contribution in [0.4, 0.5) is 0 Å². The van der Waals surface area contributed by atoms with Crippen molar-refractivity contribution in [2.24, 2.45) is 0 Å². The summed E-state index contributed by atoms with van der Waals surface area (Å²) in [5.74, 6) is 0. The fourth-order valence-corrected chi connectivity index (χ4v) is 3.27. The quantitative estimate of drug-likeness (QED) is 0.787. The maximum Gasteiger partial charge on any atom is 0.251 e. The SMILES string of the molecule is COCCCNS(=O)(=O)c1cnc(Cl)s1. The van der Waals surface area contributed by atoms with Crippen molar-refractivity contribution in [1.82, 2.24) is 9.71 Å². The van der Waals surface area contributed by atoms with Crippen LogP contribution in [0.3, 0.4) is 0 Å². The van der Waals surface area contributed by atoms with E-state index in [1.165, 1.54) is 6.20 Å². The summed E-state index contributed by atoms with van der Waals surface area (Å²) >= 11 is 6.48. The molecule has 0 aliphatic heterocycles. The van der Waals surface area contributed by atoms with Crippen molar-refractivity contribution >= 4 is 33.0 Å². The maximum absolute atomic E-state index is 11.6. The van der Waals surface area contributed by atoms with Gasteiger partial charge in [0.15, 0.2) is 8.68 Å². The Kier molecular flexibility index (Phi) is 4.94. The Morgan fingerprint density at radius 3 is 2.93 bits per heavy atom. The largest absolute Gasteiger partial charge is 0.385 e. The van der Waals surface area contributed by atoms with E-state index in [1.807, 2.05) is 0 Å². The lowest BCUT2D eigenvalue weighted by Crippen LogP contribution is -2.24. The van der Waals surface area contributed by atoms with Crippen LogP contribution in [0, 0.1) is 0 Å². The number of sulfonamides is 1. The van der Waals surface area contributed by atoms with E-state index in [4.69, 9.17) is 16.3 Å². The van der Waals surface area contributed by atoms with Crippen LogP contribution >= 0.6 is 22.9 Å². The Hall–Kier alpha value is -0.210. The van der Waals surface area contributed by atoms with Gasteiger partial charge in [-0.1, -0.05) is 22.9 Å². The van der Waals surface area contributed by atoms with Gasteiger partial charge in [0.05, 0.1) is 6.20 Å². The van der Waals surface area contributed by atoms with Crippen LogP contribution in [0.25, 0.3) is 0 Å². The first-order valence-electron chi connectivity index (χ1n) is 4.16. The Morgan fingerprint density at radius 2 is 2.40 bits per heavy atom. The first-order chi connectivity index (χ1) is 7.06. The highest BCUT2D eigenvalue weighted by atomic mass is 35.5. The molecule has 0 saturated heterocycles. The molecule has 0 bridgehead atoms. The summed E-state index contributed by atoms with van der Waals surface area (Å²) in [6.07, 6.45) is 1.87. The van der Waals surface area contributed by atoms with Gasteiger partial charge >= 0.3 is 0 Å². The zero-order chi connectivity index (χ0) is 11.3. The Labute approximate surface area is 97.5 Å². The third-order valence-corrected chi connectivity index (χ3v) is 4.58.